The average molecular weight is 354 g/mol. The van der Waals surface area contributed by atoms with Crippen LogP contribution >= 0.6 is 11.3 Å². The summed E-state index contributed by atoms with van der Waals surface area (Å²) in [5, 5.41) is 3.64. The SMILES string of the molecule is C=CNc1sc(C=O)cc1C(C)=Nc1ccc(OC(F)(F)F)cc1. The van der Waals surface area contributed by atoms with Crippen molar-refractivity contribution >= 4 is 34.0 Å². The first-order chi connectivity index (χ1) is 11.3. The number of benzene rings is 1. The van der Waals surface area contributed by atoms with E-state index in [0.29, 0.717) is 21.3 Å². The largest absolute Gasteiger partial charge is 0.573 e. The number of thiophene rings is 1. The molecule has 0 saturated heterocycles. The van der Waals surface area contributed by atoms with E-state index in [0.717, 1.165) is 11.8 Å². The smallest absolute Gasteiger partial charge is 0.406 e. The van der Waals surface area contributed by atoms with Gasteiger partial charge >= 0.3 is 6.36 Å². The van der Waals surface area contributed by atoms with Crippen LogP contribution in [-0.4, -0.2) is 18.4 Å². The van der Waals surface area contributed by atoms with E-state index < -0.39 is 6.36 Å². The minimum atomic E-state index is -4.73. The second-order valence-corrected chi connectivity index (χ2v) is 5.68. The van der Waals surface area contributed by atoms with Crippen LogP contribution in [0.3, 0.4) is 0 Å². The molecule has 0 unspecified atom stereocenters. The van der Waals surface area contributed by atoms with Gasteiger partial charge < -0.3 is 10.1 Å². The van der Waals surface area contributed by atoms with E-state index >= 15 is 0 Å². The summed E-state index contributed by atoms with van der Waals surface area (Å²) in [6.45, 7) is 5.32. The summed E-state index contributed by atoms with van der Waals surface area (Å²) in [5.41, 5.74) is 1.79. The van der Waals surface area contributed by atoms with Gasteiger partial charge in [-0.25, -0.2) is 0 Å². The summed E-state index contributed by atoms with van der Waals surface area (Å²) in [6.07, 6.45) is -2.51. The van der Waals surface area contributed by atoms with Gasteiger partial charge in [0.05, 0.1) is 10.6 Å². The van der Waals surface area contributed by atoms with Gasteiger partial charge in [-0.05, 0) is 43.5 Å². The van der Waals surface area contributed by atoms with Crippen LogP contribution in [0.2, 0.25) is 0 Å². The lowest BCUT2D eigenvalue weighted by Gasteiger charge is -2.08. The van der Waals surface area contributed by atoms with Crippen LogP contribution in [-0.2, 0) is 0 Å². The summed E-state index contributed by atoms with van der Waals surface area (Å²) in [6, 6.07) is 6.89. The van der Waals surface area contributed by atoms with Crippen molar-refractivity contribution in [1.29, 1.82) is 0 Å². The lowest BCUT2D eigenvalue weighted by atomic mass is 10.2. The third kappa shape index (κ3) is 4.69. The molecule has 0 amide bonds. The third-order valence-electron chi connectivity index (χ3n) is 2.86. The van der Waals surface area contributed by atoms with Crippen LogP contribution in [0.4, 0.5) is 23.9 Å². The molecule has 0 aliphatic heterocycles. The first-order valence-electron chi connectivity index (χ1n) is 6.70. The van der Waals surface area contributed by atoms with Crippen molar-refractivity contribution in [2.24, 2.45) is 4.99 Å². The lowest BCUT2D eigenvalue weighted by Crippen LogP contribution is -2.16. The molecule has 4 nitrogen and oxygen atoms in total. The molecule has 2 rings (SSSR count). The topological polar surface area (TPSA) is 50.7 Å². The molecule has 0 bridgehead atoms. The Kier molecular flexibility index (Phi) is 5.40. The van der Waals surface area contributed by atoms with E-state index in [1.807, 2.05) is 0 Å². The van der Waals surface area contributed by atoms with Crippen molar-refractivity contribution in [2.75, 3.05) is 5.32 Å². The van der Waals surface area contributed by atoms with Crippen LogP contribution in [0.25, 0.3) is 0 Å². The second-order valence-electron chi connectivity index (χ2n) is 4.60. The molecule has 126 valence electrons. The van der Waals surface area contributed by atoms with E-state index in [-0.39, 0.29) is 5.75 Å². The highest BCUT2D eigenvalue weighted by Crippen LogP contribution is 2.30. The van der Waals surface area contributed by atoms with Crippen molar-refractivity contribution in [3.8, 4) is 5.75 Å². The first kappa shape index (κ1) is 17.7. The van der Waals surface area contributed by atoms with Crippen LogP contribution in [0.15, 0.2) is 48.1 Å². The molecular weight excluding hydrogens is 341 g/mol. The fourth-order valence-corrected chi connectivity index (χ4v) is 2.83. The zero-order valence-electron chi connectivity index (χ0n) is 12.6. The van der Waals surface area contributed by atoms with E-state index in [1.54, 1.807) is 13.0 Å². The van der Waals surface area contributed by atoms with Gasteiger partial charge in [-0.1, -0.05) is 6.58 Å². The zero-order chi connectivity index (χ0) is 17.7. The van der Waals surface area contributed by atoms with Gasteiger partial charge in [0.25, 0.3) is 0 Å². The predicted octanol–water partition coefficient (Wildman–Crippen LogP) is 5.16. The van der Waals surface area contributed by atoms with E-state index in [9.17, 15) is 18.0 Å². The maximum absolute atomic E-state index is 12.1. The number of nitrogens with zero attached hydrogens (tertiary/aromatic N) is 1. The molecule has 0 atom stereocenters. The zero-order valence-corrected chi connectivity index (χ0v) is 13.4. The number of carbonyl (C=O) groups is 1. The highest BCUT2D eigenvalue weighted by atomic mass is 32.1. The van der Waals surface area contributed by atoms with Crippen LogP contribution < -0.4 is 10.1 Å². The van der Waals surface area contributed by atoms with Gasteiger partial charge in [-0.2, -0.15) is 0 Å². The Morgan fingerprint density at radius 2 is 2.00 bits per heavy atom. The van der Waals surface area contributed by atoms with Gasteiger partial charge in [0, 0.05) is 11.3 Å². The number of alkyl halides is 3. The summed E-state index contributed by atoms with van der Waals surface area (Å²) in [4.78, 5) is 15.8. The molecule has 0 saturated carbocycles. The molecular formula is C16H13F3N2O2S. The van der Waals surface area contributed by atoms with Crippen LogP contribution in [0.5, 0.6) is 5.75 Å². The maximum atomic E-state index is 12.1. The van der Waals surface area contributed by atoms with Crippen LogP contribution in [0.1, 0.15) is 22.2 Å². The minimum Gasteiger partial charge on any atom is -0.406 e. The summed E-state index contributed by atoms with van der Waals surface area (Å²) < 4.78 is 40.2. The van der Waals surface area contributed by atoms with Gasteiger partial charge in [0.2, 0.25) is 0 Å². The van der Waals surface area contributed by atoms with Crippen molar-refractivity contribution < 1.29 is 22.7 Å². The molecule has 1 heterocycles. The maximum Gasteiger partial charge on any atom is 0.573 e. The van der Waals surface area contributed by atoms with Crippen molar-refractivity contribution in [2.45, 2.75) is 13.3 Å². The fourth-order valence-electron chi connectivity index (χ4n) is 1.91. The van der Waals surface area contributed by atoms with Gasteiger partial charge in [-0.15, -0.1) is 24.5 Å². The molecule has 0 aliphatic carbocycles. The summed E-state index contributed by atoms with van der Waals surface area (Å²) >= 11 is 1.26. The van der Waals surface area contributed by atoms with E-state index in [1.165, 1.54) is 41.8 Å². The fraction of sp³-hybridized carbons (Fsp3) is 0.125. The number of anilines is 1. The summed E-state index contributed by atoms with van der Waals surface area (Å²) in [7, 11) is 0. The molecule has 8 heteroatoms. The number of hydrogen-bond donors (Lipinski definition) is 1. The molecule has 1 N–H and O–H groups in total. The van der Waals surface area contributed by atoms with Crippen molar-refractivity contribution in [1.82, 2.24) is 0 Å². The van der Waals surface area contributed by atoms with Crippen molar-refractivity contribution in [3.05, 3.63) is 53.6 Å². The third-order valence-corrected chi connectivity index (χ3v) is 3.85. The van der Waals surface area contributed by atoms with E-state index in [4.69, 9.17) is 0 Å². The Morgan fingerprint density at radius 3 is 2.54 bits per heavy atom. The number of carbonyl (C=O) groups excluding carboxylic acids is 1. The van der Waals surface area contributed by atoms with Gasteiger partial charge in [0.15, 0.2) is 6.29 Å². The number of rotatable bonds is 6. The average Bonchev–Trinajstić information content (AvgIpc) is 2.91. The predicted molar refractivity (Wildman–Crippen MR) is 88.5 cm³/mol. The standard InChI is InChI=1S/C16H13F3N2O2S/c1-3-20-15-14(8-13(9-22)24-15)10(2)21-11-4-6-12(7-5-11)23-16(17,18)19/h3-9,20H,1H2,2H3. The Morgan fingerprint density at radius 1 is 1.33 bits per heavy atom. The molecule has 0 fully saturated rings. The molecule has 0 spiro atoms. The number of halogens is 3. The van der Waals surface area contributed by atoms with Gasteiger partial charge in [-0.3, -0.25) is 9.79 Å². The normalized spacial score (nSPS) is 11.9. The lowest BCUT2D eigenvalue weighted by molar-refractivity contribution is -0.274. The molecule has 1 aromatic carbocycles. The Hall–Kier alpha value is -2.61. The minimum absolute atomic E-state index is 0.313. The monoisotopic (exact) mass is 354 g/mol. The van der Waals surface area contributed by atoms with E-state index in [2.05, 4.69) is 21.6 Å². The molecule has 0 radical (unpaired) electrons. The number of hydrogen-bond acceptors (Lipinski definition) is 5. The van der Waals surface area contributed by atoms with Crippen LogP contribution in [0, 0.1) is 0 Å². The molecule has 0 aliphatic rings. The van der Waals surface area contributed by atoms with Gasteiger partial charge in [0.1, 0.15) is 10.8 Å². The molecule has 1 aromatic heterocycles. The first-order valence-corrected chi connectivity index (χ1v) is 7.52. The number of aliphatic imine (C=N–C) groups is 1. The Bertz CT molecular complexity index is 765. The quantitative estimate of drug-likeness (QED) is 0.576. The number of nitrogens with one attached hydrogen (secondary N) is 1. The molecule has 2 aromatic rings. The Balaban J connectivity index is 2.26. The number of aldehydes is 1. The summed E-state index contributed by atoms with van der Waals surface area (Å²) in [5.74, 6) is -0.313. The number of ether oxygens (including phenoxy) is 1. The highest BCUT2D eigenvalue weighted by molar-refractivity contribution is 7.18. The second kappa shape index (κ2) is 7.31. The van der Waals surface area contributed by atoms with Crippen molar-refractivity contribution in [3.63, 3.8) is 0 Å². The molecule has 24 heavy (non-hydrogen) atoms. The highest BCUT2D eigenvalue weighted by Gasteiger charge is 2.30. The Labute approximate surface area is 140 Å².